The number of sulfone groups is 1. The summed E-state index contributed by atoms with van der Waals surface area (Å²) >= 11 is 3.29. The molecule has 6 heteroatoms. The van der Waals surface area contributed by atoms with Gasteiger partial charge in [0.25, 0.3) is 0 Å². The first kappa shape index (κ1) is 10.2. The zero-order valence-electron chi connectivity index (χ0n) is 7.44. The highest BCUT2D eigenvalue weighted by Gasteiger charge is 2.32. The summed E-state index contributed by atoms with van der Waals surface area (Å²) in [5.74, 6) is 1.18. The lowest BCUT2D eigenvalue weighted by atomic mass is 10.1. The lowest BCUT2D eigenvalue weighted by Crippen LogP contribution is -2.04. The van der Waals surface area contributed by atoms with E-state index in [2.05, 4.69) is 20.9 Å². The van der Waals surface area contributed by atoms with Crippen LogP contribution in [0.3, 0.4) is 0 Å². The van der Waals surface area contributed by atoms with Gasteiger partial charge in [0.1, 0.15) is 5.76 Å². The molecule has 2 rings (SSSR count). The highest BCUT2D eigenvalue weighted by Crippen LogP contribution is 2.31. The second-order valence-corrected chi connectivity index (χ2v) is 6.19. The van der Waals surface area contributed by atoms with Gasteiger partial charge >= 0.3 is 0 Å². The van der Waals surface area contributed by atoms with Gasteiger partial charge in [-0.05, 0) is 6.42 Å². The maximum atomic E-state index is 11.3. The van der Waals surface area contributed by atoms with E-state index in [1.165, 1.54) is 6.39 Å². The van der Waals surface area contributed by atoms with Crippen LogP contribution in [0.25, 0.3) is 0 Å². The molecule has 14 heavy (non-hydrogen) atoms. The molecule has 0 bridgehead atoms. The van der Waals surface area contributed by atoms with Crippen LogP contribution in [-0.2, 0) is 15.2 Å². The van der Waals surface area contributed by atoms with E-state index in [1.54, 1.807) is 0 Å². The van der Waals surface area contributed by atoms with Gasteiger partial charge in [-0.3, -0.25) is 0 Å². The van der Waals surface area contributed by atoms with Crippen molar-refractivity contribution in [3.8, 4) is 0 Å². The number of halogens is 1. The Morgan fingerprint density at radius 3 is 3.00 bits per heavy atom. The first-order valence-corrected chi connectivity index (χ1v) is 7.25. The Kier molecular flexibility index (Phi) is 2.66. The van der Waals surface area contributed by atoms with Crippen LogP contribution in [-0.4, -0.2) is 24.9 Å². The van der Waals surface area contributed by atoms with Crippen molar-refractivity contribution < 1.29 is 12.8 Å². The van der Waals surface area contributed by atoms with Crippen LogP contribution in [0, 0.1) is 0 Å². The van der Waals surface area contributed by atoms with Crippen molar-refractivity contribution in [2.75, 3.05) is 11.5 Å². The van der Waals surface area contributed by atoms with Gasteiger partial charge in [-0.1, -0.05) is 15.9 Å². The molecular weight excluding hydrogens is 270 g/mol. The zero-order chi connectivity index (χ0) is 10.2. The number of rotatable bonds is 2. The summed E-state index contributed by atoms with van der Waals surface area (Å²) in [5.41, 5.74) is 0.812. The highest BCUT2D eigenvalue weighted by atomic mass is 79.9. The summed E-state index contributed by atoms with van der Waals surface area (Å²) in [5, 5.41) is 0.607. The maximum Gasteiger partial charge on any atom is 0.181 e. The Morgan fingerprint density at radius 2 is 2.43 bits per heavy atom. The summed E-state index contributed by atoms with van der Waals surface area (Å²) < 4.78 is 27.8. The number of nitrogens with zero attached hydrogens (tertiary/aromatic N) is 1. The molecule has 1 aromatic rings. The fourth-order valence-corrected chi connectivity index (χ4v) is 3.87. The molecule has 1 unspecified atom stereocenters. The van der Waals surface area contributed by atoms with Crippen molar-refractivity contribution in [1.29, 1.82) is 0 Å². The third-order valence-corrected chi connectivity index (χ3v) is 4.70. The molecule has 0 amide bonds. The van der Waals surface area contributed by atoms with Gasteiger partial charge in [0.15, 0.2) is 16.2 Å². The van der Waals surface area contributed by atoms with Gasteiger partial charge in [-0.2, -0.15) is 0 Å². The van der Waals surface area contributed by atoms with Crippen molar-refractivity contribution in [2.24, 2.45) is 0 Å². The summed E-state index contributed by atoms with van der Waals surface area (Å²) in [6, 6.07) is 0. The average Bonchev–Trinajstić information content (AvgIpc) is 2.70. The minimum atomic E-state index is -2.85. The number of alkyl halides is 1. The number of aromatic nitrogens is 1. The van der Waals surface area contributed by atoms with E-state index in [1.807, 2.05) is 0 Å². The second-order valence-electron chi connectivity index (χ2n) is 3.40. The molecular formula is C8H10BrNO3S. The molecule has 1 atom stereocenters. The quantitative estimate of drug-likeness (QED) is 0.770. The van der Waals surface area contributed by atoms with Crippen molar-refractivity contribution in [3.05, 3.63) is 17.8 Å². The number of hydrogen-bond acceptors (Lipinski definition) is 4. The Hall–Kier alpha value is -0.360. The van der Waals surface area contributed by atoms with Crippen LogP contribution in [0.15, 0.2) is 10.8 Å². The molecule has 4 nitrogen and oxygen atoms in total. The molecule has 0 aromatic carbocycles. The molecule has 0 spiro atoms. The van der Waals surface area contributed by atoms with E-state index in [0.717, 1.165) is 11.5 Å². The zero-order valence-corrected chi connectivity index (χ0v) is 9.84. The number of oxazole rings is 1. The number of hydrogen-bond donors (Lipinski definition) is 0. The van der Waals surface area contributed by atoms with E-state index in [4.69, 9.17) is 4.42 Å². The Labute approximate surface area is 90.8 Å². The van der Waals surface area contributed by atoms with Crippen LogP contribution >= 0.6 is 15.9 Å². The maximum absolute atomic E-state index is 11.3. The predicted molar refractivity (Wildman–Crippen MR) is 55.1 cm³/mol. The molecule has 2 heterocycles. The summed E-state index contributed by atoms with van der Waals surface area (Å²) in [6.45, 7) is 0. The van der Waals surface area contributed by atoms with Crippen molar-refractivity contribution in [3.63, 3.8) is 0 Å². The lowest BCUT2D eigenvalue weighted by molar-refractivity contribution is 0.470. The van der Waals surface area contributed by atoms with Crippen LogP contribution in [0.4, 0.5) is 0 Å². The van der Waals surface area contributed by atoms with Crippen LogP contribution in [0.2, 0.25) is 0 Å². The molecule has 78 valence electrons. The largest absolute Gasteiger partial charge is 0.448 e. The standard InChI is InChI=1S/C8H10BrNO3S/c9-3-7-8(13-5-10-7)6-1-2-14(11,12)4-6/h5-6H,1-4H2. The van der Waals surface area contributed by atoms with E-state index in [-0.39, 0.29) is 17.4 Å². The van der Waals surface area contributed by atoms with E-state index >= 15 is 0 Å². The van der Waals surface area contributed by atoms with Gasteiger partial charge < -0.3 is 4.42 Å². The molecule has 0 saturated carbocycles. The third kappa shape index (κ3) is 1.86. The molecule has 0 radical (unpaired) electrons. The van der Waals surface area contributed by atoms with Crippen LogP contribution in [0.5, 0.6) is 0 Å². The minimum Gasteiger partial charge on any atom is -0.448 e. The molecule has 1 saturated heterocycles. The Bertz CT molecular complexity index is 426. The van der Waals surface area contributed by atoms with Gasteiger partial charge in [0, 0.05) is 11.2 Å². The molecule has 1 fully saturated rings. The first-order chi connectivity index (χ1) is 6.62. The first-order valence-electron chi connectivity index (χ1n) is 4.31. The van der Waals surface area contributed by atoms with Gasteiger partial charge in [-0.25, -0.2) is 13.4 Å². The van der Waals surface area contributed by atoms with E-state index in [0.29, 0.717) is 11.8 Å². The van der Waals surface area contributed by atoms with Crippen LogP contribution < -0.4 is 0 Å². The highest BCUT2D eigenvalue weighted by molar-refractivity contribution is 9.08. The minimum absolute atomic E-state index is 0.00458. The monoisotopic (exact) mass is 279 g/mol. The summed E-state index contributed by atoms with van der Waals surface area (Å²) in [7, 11) is -2.85. The summed E-state index contributed by atoms with van der Waals surface area (Å²) in [4.78, 5) is 4.02. The predicted octanol–water partition coefficient (Wildman–Crippen LogP) is 1.47. The third-order valence-electron chi connectivity index (χ3n) is 2.40. The fraction of sp³-hybridized carbons (Fsp3) is 0.625. The van der Waals surface area contributed by atoms with Crippen molar-refractivity contribution >= 4 is 25.8 Å². The molecule has 1 aliphatic rings. The lowest BCUT2D eigenvalue weighted by Gasteiger charge is -2.03. The smallest absolute Gasteiger partial charge is 0.181 e. The van der Waals surface area contributed by atoms with Gasteiger partial charge in [0.05, 0.1) is 17.2 Å². The van der Waals surface area contributed by atoms with Crippen LogP contribution in [0.1, 0.15) is 23.8 Å². The average molecular weight is 280 g/mol. The topological polar surface area (TPSA) is 60.2 Å². The van der Waals surface area contributed by atoms with Gasteiger partial charge in [0.2, 0.25) is 0 Å². The Balaban J connectivity index is 2.25. The van der Waals surface area contributed by atoms with Crippen molar-refractivity contribution in [1.82, 2.24) is 4.98 Å². The molecule has 0 N–H and O–H groups in total. The van der Waals surface area contributed by atoms with Gasteiger partial charge in [-0.15, -0.1) is 0 Å². The molecule has 0 aliphatic carbocycles. The SMILES string of the molecule is O=S1(=O)CCC(c2ocnc2CBr)C1. The molecule has 1 aromatic heterocycles. The Morgan fingerprint density at radius 1 is 1.64 bits per heavy atom. The van der Waals surface area contributed by atoms with Crippen molar-refractivity contribution in [2.45, 2.75) is 17.7 Å². The second kappa shape index (κ2) is 3.66. The van der Waals surface area contributed by atoms with E-state index < -0.39 is 9.84 Å². The normalized spacial score (nSPS) is 25.4. The molecule has 1 aliphatic heterocycles. The summed E-state index contributed by atoms with van der Waals surface area (Å²) in [6.07, 6.45) is 2.02. The fourth-order valence-electron chi connectivity index (χ4n) is 1.71. The van der Waals surface area contributed by atoms with E-state index in [9.17, 15) is 8.42 Å².